The maximum Gasteiger partial charge on any atom is 0.324 e. The molecule has 3 nitrogen and oxygen atoms in total. The number of unbranched alkanes of at least 4 members (excludes halogenated alkanes) is 21. The minimum absolute atomic E-state index is 0.327. The van der Waals surface area contributed by atoms with Gasteiger partial charge in [-0.1, -0.05) is 149 Å². The van der Waals surface area contributed by atoms with Crippen molar-refractivity contribution in [1.29, 1.82) is 0 Å². The van der Waals surface area contributed by atoms with Crippen LogP contribution >= 0.6 is 0 Å². The third-order valence-electron chi connectivity index (χ3n) is 7.89. The van der Waals surface area contributed by atoms with Crippen LogP contribution in [0, 0.1) is 0 Å². The van der Waals surface area contributed by atoms with Gasteiger partial charge < -0.3 is 0 Å². The number of aliphatic imine (C=N–C) groups is 1. The van der Waals surface area contributed by atoms with Gasteiger partial charge in [-0.25, -0.2) is 9.79 Å². The number of nitrogens with zero attached hydrogens (tertiary/aromatic N) is 2. The van der Waals surface area contributed by atoms with E-state index in [2.05, 4.69) is 18.8 Å². The van der Waals surface area contributed by atoms with E-state index >= 15 is 0 Å². The van der Waals surface area contributed by atoms with Gasteiger partial charge >= 0.3 is 5.91 Å². The first-order valence-electron chi connectivity index (χ1n) is 15.8. The fourth-order valence-corrected chi connectivity index (χ4v) is 5.28. The van der Waals surface area contributed by atoms with E-state index in [9.17, 15) is 4.79 Å². The van der Waals surface area contributed by atoms with Gasteiger partial charge in [-0.05, 0) is 12.8 Å². The largest absolute Gasteiger partial charge is 0.324 e. The number of rotatable bonds is 25. The molecule has 0 aromatic carbocycles. The lowest BCUT2D eigenvalue weighted by atomic mass is 10.0. The molecule has 35 heavy (non-hydrogen) atoms. The first kappa shape index (κ1) is 32.1. The summed E-state index contributed by atoms with van der Waals surface area (Å²) in [6, 6.07) is 0. The lowest BCUT2D eigenvalue weighted by molar-refractivity contribution is -0.683. The molecule has 204 valence electrons. The molecule has 0 spiro atoms. The van der Waals surface area contributed by atoms with Crippen molar-refractivity contribution in [2.24, 2.45) is 4.99 Å². The fourth-order valence-electron chi connectivity index (χ4n) is 5.28. The van der Waals surface area contributed by atoms with Gasteiger partial charge in [0.15, 0.2) is 0 Å². The molecule has 1 atom stereocenters. The van der Waals surface area contributed by atoms with Gasteiger partial charge in [-0.3, -0.25) is 0 Å². The normalized spacial score (nSPS) is 17.3. The zero-order chi connectivity index (χ0) is 25.5. The number of carbonyl (C=O) groups excluding carboxylic acids is 1. The highest BCUT2D eigenvalue weighted by Gasteiger charge is 2.37. The van der Waals surface area contributed by atoms with E-state index in [0.717, 1.165) is 25.1 Å². The summed E-state index contributed by atoms with van der Waals surface area (Å²) in [6.45, 7) is 4.56. The average molecular weight is 490 g/mol. The molecule has 1 unspecified atom stereocenters. The summed E-state index contributed by atoms with van der Waals surface area (Å²) in [6.07, 6.45) is 36.4. The minimum atomic E-state index is 0.327. The third kappa shape index (κ3) is 15.7. The van der Waals surface area contributed by atoms with Crippen molar-refractivity contribution in [3.8, 4) is 0 Å². The molecule has 0 aliphatic carbocycles. The van der Waals surface area contributed by atoms with Crippen LogP contribution in [0.3, 0.4) is 0 Å². The number of carbonyl (C=O) groups is 1. The molecule has 1 rings (SSSR count). The summed E-state index contributed by atoms with van der Waals surface area (Å²) < 4.78 is 0.329. The minimum Gasteiger partial charge on any atom is -0.230 e. The van der Waals surface area contributed by atoms with E-state index in [1.54, 1.807) is 0 Å². The quantitative estimate of drug-likeness (QED) is 0.0926. The Bertz CT molecular complexity index is 568. The molecular weight excluding hydrogens is 428 g/mol. The Morgan fingerprint density at radius 2 is 0.971 bits per heavy atom. The SMILES string of the molecule is CCCCCCCCCCCCCCCC(=O)[N+]1(C)C=CN=C1CCCCCCCCCCCC. The highest BCUT2D eigenvalue weighted by Crippen LogP contribution is 2.22. The molecule has 0 aromatic rings. The van der Waals surface area contributed by atoms with Crippen LogP contribution < -0.4 is 0 Å². The molecule has 0 radical (unpaired) electrons. The molecule has 0 bridgehead atoms. The lowest BCUT2D eigenvalue weighted by Crippen LogP contribution is -2.47. The van der Waals surface area contributed by atoms with Crippen molar-refractivity contribution in [3.05, 3.63) is 12.4 Å². The van der Waals surface area contributed by atoms with Crippen LogP contribution in [-0.4, -0.2) is 23.3 Å². The van der Waals surface area contributed by atoms with Gasteiger partial charge in [-0.15, -0.1) is 0 Å². The van der Waals surface area contributed by atoms with E-state index in [1.807, 2.05) is 19.4 Å². The summed E-state index contributed by atoms with van der Waals surface area (Å²) >= 11 is 0. The molecular formula is C32H61N2O+. The molecule has 1 aliphatic heterocycles. The van der Waals surface area contributed by atoms with E-state index < -0.39 is 0 Å². The Morgan fingerprint density at radius 1 is 0.600 bits per heavy atom. The summed E-state index contributed by atoms with van der Waals surface area (Å²) in [5.74, 6) is 1.39. The Balaban J connectivity index is 2.02. The highest BCUT2D eigenvalue weighted by atomic mass is 16.2. The number of amidine groups is 1. The highest BCUT2D eigenvalue weighted by molar-refractivity contribution is 5.90. The summed E-state index contributed by atoms with van der Waals surface area (Å²) in [5.41, 5.74) is 0. The Labute approximate surface area is 219 Å². The van der Waals surface area contributed by atoms with Crippen molar-refractivity contribution in [1.82, 2.24) is 0 Å². The topological polar surface area (TPSA) is 29.4 Å². The van der Waals surface area contributed by atoms with Crippen molar-refractivity contribution >= 4 is 11.7 Å². The first-order valence-corrected chi connectivity index (χ1v) is 15.8. The van der Waals surface area contributed by atoms with Gasteiger partial charge in [-0.2, -0.15) is 4.48 Å². The molecule has 0 N–H and O–H groups in total. The number of hydrogen-bond acceptors (Lipinski definition) is 2. The molecule has 1 heterocycles. The summed E-state index contributed by atoms with van der Waals surface area (Å²) in [5, 5.41) is 0. The Kier molecular flexibility index (Phi) is 20.4. The van der Waals surface area contributed by atoms with Crippen LogP contribution in [0.5, 0.6) is 0 Å². The van der Waals surface area contributed by atoms with Crippen molar-refractivity contribution < 1.29 is 9.28 Å². The maximum atomic E-state index is 13.0. The monoisotopic (exact) mass is 489 g/mol. The average Bonchev–Trinajstić information content (AvgIpc) is 3.24. The van der Waals surface area contributed by atoms with Crippen LogP contribution in [-0.2, 0) is 4.79 Å². The maximum absolute atomic E-state index is 13.0. The molecule has 0 aromatic heterocycles. The van der Waals surface area contributed by atoms with Crippen LogP contribution in [0.2, 0.25) is 0 Å². The molecule has 1 amide bonds. The van der Waals surface area contributed by atoms with Gasteiger partial charge in [0.1, 0.15) is 6.20 Å². The van der Waals surface area contributed by atoms with Gasteiger partial charge in [0.25, 0.3) is 0 Å². The standard InChI is InChI=1S/C32H61N2O/c1-4-6-8-10-12-14-16-17-18-20-22-24-26-28-32(35)34(3)30-29-33-31(34)27-25-23-21-19-15-13-11-9-7-5-2/h29-30H,4-28H2,1-3H3/q+1. The van der Waals surface area contributed by atoms with Crippen molar-refractivity contribution in [2.45, 2.75) is 174 Å². The first-order chi connectivity index (χ1) is 17.1. The Morgan fingerprint density at radius 3 is 1.40 bits per heavy atom. The van der Waals surface area contributed by atoms with Gasteiger partial charge in [0, 0.05) is 6.42 Å². The summed E-state index contributed by atoms with van der Waals surface area (Å²) in [7, 11) is 2.04. The van der Waals surface area contributed by atoms with Gasteiger partial charge in [0.2, 0.25) is 5.84 Å². The molecule has 3 heteroatoms. The van der Waals surface area contributed by atoms with Crippen LogP contribution in [0.1, 0.15) is 174 Å². The lowest BCUT2D eigenvalue weighted by Gasteiger charge is -2.25. The predicted octanol–water partition coefficient (Wildman–Crippen LogP) is 10.6. The zero-order valence-electron chi connectivity index (χ0n) is 24.1. The molecule has 0 saturated heterocycles. The predicted molar refractivity (Wildman–Crippen MR) is 155 cm³/mol. The third-order valence-corrected chi connectivity index (χ3v) is 7.89. The van der Waals surface area contributed by atoms with Crippen molar-refractivity contribution in [3.63, 3.8) is 0 Å². The second-order valence-electron chi connectivity index (χ2n) is 11.2. The van der Waals surface area contributed by atoms with Crippen molar-refractivity contribution in [2.75, 3.05) is 7.05 Å². The second-order valence-corrected chi connectivity index (χ2v) is 11.2. The number of quaternary nitrogens is 1. The number of amides is 1. The van der Waals surface area contributed by atoms with Crippen LogP contribution in [0.25, 0.3) is 0 Å². The zero-order valence-corrected chi connectivity index (χ0v) is 24.1. The van der Waals surface area contributed by atoms with Crippen LogP contribution in [0.15, 0.2) is 17.4 Å². The fraction of sp³-hybridized carbons (Fsp3) is 0.875. The van der Waals surface area contributed by atoms with Crippen LogP contribution in [0.4, 0.5) is 0 Å². The van der Waals surface area contributed by atoms with E-state index in [4.69, 9.17) is 0 Å². The van der Waals surface area contributed by atoms with E-state index in [1.165, 1.54) is 135 Å². The number of hydrogen-bond donors (Lipinski definition) is 0. The van der Waals surface area contributed by atoms with E-state index in [-0.39, 0.29) is 0 Å². The molecule has 0 fully saturated rings. The Hall–Kier alpha value is -0.960. The summed E-state index contributed by atoms with van der Waals surface area (Å²) in [4.78, 5) is 17.6. The molecule has 0 saturated carbocycles. The van der Waals surface area contributed by atoms with E-state index in [0.29, 0.717) is 16.8 Å². The molecule has 1 aliphatic rings. The van der Waals surface area contributed by atoms with Gasteiger partial charge in [0.05, 0.1) is 19.7 Å². The second kappa shape index (κ2) is 22.3. The smallest absolute Gasteiger partial charge is 0.230 e.